The molecule has 0 unspecified atom stereocenters. The van der Waals surface area contributed by atoms with Crippen molar-refractivity contribution in [2.24, 2.45) is 0 Å². The fourth-order valence-corrected chi connectivity index (χ4v) is 2.67. The third-order valence-electron chi connectivity index (χ3n) is 3.92. The molecule has 0 radical (unpaired) electrons. The minimum absolute atomic E-state index is 0.288. The van der Waals surface area contributed by atoms with E-state index in [1.807, 2.05) is 25.1 Å². The number of benzene rings is 1. The minimum atomic E-state index is -0.501. The van der Waals surface area contributed by atoms with Crippen molar-refractivity contribution in [3.8, 4) is 0 Å². The molecule has 0 atom stereocenters. The molecule has 8 heteroatoms. The van der Waals surface area contributed by atoms with Crippen LogP contribution in [0.15, 0.2) is 51.8 Å². The lowest BCUT2D eigenvalue weighted by Gasteiger charge is -2.11. The Morgan fingerprint density at radius 2 is 2.15 bits per heavy atom. The second-order valence-electron chi connectivity index (χ2n) is 6.40. The molecule has 0 fully saturated rings. The Bertz CT molecular complexity index is 977. The fourth-order valence-electron chi connectivity index (χ4n) is 2.67. The van der Waals surface area contributed by atoms with Crippen LogP contribution in [-0.4, -0.2) is 47.8 Å². The lowest BCUT2D eigenvalue weighted by molar-refractivity contribution is 0.156. The smallest absolute Gasteiger partial charge is 0.421 e. The number of hydrogen-bond acceptors (Lipinski definition) is 6. The molecular formula is C19H22N4O4. The molecule has 2 aromatic heterocycles. The zero-order valence-electron chi connectivity index (χ0n) is 15.3. The minimum Gasteiger partial charge on any atom is -0.449 e. The Labute approximate surface area is 156 Å². The number of hydrogen-bond donors (Lipinski definition) is 1. The number of oxazole rings is 1. The monoisotopic (exact) mass is 370 g/mol. The van der Waals surface area contributed by atoms with Crippen LogP contribution in [-0.2, 0) is 11.3 Å². The molecule has 2 heterocycles. The summed E-state index contributed by atoms with van der Waals surface area (Å²) in [6.07, 6.45) is 1.88. The Kier molecular flexibility index (Phi) is 5.87. The van der Waals surface area contributed by atoms with Gasteiger partial charge >= 0.3 is 11.8 Å². The predicted octanol–water partition coefficient (Wildman–Crippen LogP) is 2.54. The molecule has 1 aromatic carbocycles. The van der Waals surface area contributed by atoms with Gasteiger partial charge in [-0.2, -0.15) is 0 Å². The van der Waals surface area contributed by atoms with Gasteiger partial charge in [-0.1, -0.05) is 12.1 Å². The van der Waals surface area contributed by atoms with Gasteiger partial charge < -0.3 is 14.1 Å². The fraction of sp³-hybridized carbons (Fsp3) is 0.316. The van der Waals surface area contributed by atoms with Crippen LogP contribution in [0.3, 0.4) is 0 Å². The average Bonchev–Trinajstić information content (AvgIpc) is 2.94. The number of aromatic nitrogens is 2. The number of ether oxygens (including phenoxy) is 1. The largest absolute Gasteiger partial charge is 0.449 e. The molecule has 8 nitrogen and oxygen atoms in total. The van der Waals surface area contributed by atoms with Crippen molar-refractivity contribution in [2.75, 3.05) is 32.6 Å². The summed E-state index contributed by atoms with van der Waals surface area (Å²) in [6, 6.07) is 10.6. The van der Waals surface area contributed by atoms with Gasteiger partial charge in [0.1, 0.15) is 0 Å². The molecule has 1 N–H and O–H groups in total. The SMILES string of the molecule is CN(C)CCCOC(=O)Nc1cccc(Cn2c(=O)oc3cccnc32)c1. The first kappa shape index (κ1) is 18.7. The summed E-state index contributed by atoms with van der Waals surface area (Å²) in [5.41, 5.74) is 2.36. The maximum atomic E-state index is 12.1. The number of fused-ring (bicyclic) bond motifs is 1. The lowest BCUT2D eigenvalue weighted by atomic mass is 10.2. The summed E-state index contributed by atoms with van der Waals surface area (Å²) in [5, 5.41) is 2.70. The highest BCUT2D eigenvalue weighted by molar-refractivity contribution is 5.84. The molecule has 0 aliphatic rings. The van der Waals surface area contributed by atoms with Crippen LogP contribution in [0.25, 0.3) is 11.2 Å². The van der Waals surface area contributed by atoms with E-state index >= 15 is 0 Å². The molecule has 0 aliphatic heterocycles. The number of anilines is 1. The summed E-state index contributed by atoms with van der Waals surface area (Å²) < 4.78 is 11.8. The highest BCUT2D eigenvalue weighted by atomic mass is 16.5. The Balaban J connectivity index is 1.64. The lowest BCUT2D eigenvalue weighted by Crippen LogP contribution is -2.19. The first-order chi connectivity index (χ1) is 13.0. The molecule has 142 valence electrons. The number of rotatable bonds is 7. The summed E-state index contributed by atoms with van der Waals surface area (Å²) in [5.74, 6) is -0.470. The van der Waals surface area contributed by atoms with E-state index in [2.05, 4.69) is 10.3 Å². The highest BCUT2D eigenvalue weighted by Gasteiger charge is 2.11. The molecule has 0 saturated heterocycles. The number of pyridine rings is 1. The van der Waals surface area contributed by atoms with Gasteiger partial charge in [-0.15, -0.1) is 0 Å². The van der Waals surface area contributed by atoms with Crippen molar-refractivity contribution < 1.29 is 13.9 Å². The van der Waals surface area contributed by atoms with Crippen LogP contribution in [0.1, 0.15) is 12.0 Å². The van der Waals surface area contributed by atoms with Gasteiger partial charge in [0, 0.05) is 18.4 Å². The average molecular weight is 370 g/mol. The highest BCUT2D eigenvalue weighted by Crippen LogP contribution is 2.15. The van der Waals surface area contributed by atoms with E-state index in [4.69, 9.17) is 9.15 Å². The van der Waals surface area contributed by atoms with Crippen LogP contribution in [0.5, 0.6) is 0 Å². The van der Waals surface area contributed by atoms with Gasteiger partial charge in [0.15, 0.2) is 11.2 Å². The molecule has 0 aliphatic carbocycles. The van der Waals surface area contributed by atoms with Gasteiger partial charge in [0.2, 0.25) is 0 Å². The standard InChI is InChI=1S/C19H22N4O4/c1-22(2)10-5-11-26-18(24)21-15-7-3-6-14(12-15)13-23-17-16(27-19(23)25)8-4-9-20-17/h3-4,6-9,12H,5,10-11,13H2,1-2H3,(H,21,24). The zero-order valence-corrected chi connectivity index (χ0v) is 15.3. The van der Waals surface area contributed by atoms with Crippen molar-refractivity contribution in [2.45, 2.75) is 13.0 Å². The molecular weight excluding hydrogens is 348 g/mol. The van der Waals surface area contributed by atoms with E-state index in [-0.39, 0.29) is 6.54 Å². The van der Waals surface area contributed by atoms with E-state index in [0.717, 1.165) is 18.5 Å². The van der Waals surface area contributed by atoms with Crippen molar-refractivity contribution in [3.63, 3.8) is 0 Å². The van der Waals surface area contributed by atoms with Gasteiger partial charge in [0.05, 0.1) is 13.2 Å². The molecule has 0 saturated carbocycles. The Morgan fingerprint density at radius 1 is 1.30 bits per heavy atom. The van der Waals surface area contributed by atoms with Crippen molar-refractivity contribution in [3.05, 3.63) is 58.7 Å². The zero-order chi connectivity index (χ0) is 19.2. The molecule has 3 rings (SSSR count). The summed E-state index contributed by atoms with van der Waals surface area (Å²) in [6.45, 7) is 1.49. The van der Waals surface area contributed by atoms with E-state index in [1.165, 1.54) is 4.57 Å². The summed E-state index contributed by atoms with van der Waals surface area (Å²) in [7, 11) is 3.94. The van der Waals surface area contributed by atoms with Crippen molar-refractivity contribution in [1.29, 1.82) is 0 Å². The van der Waals surface area contributed by atoms with Gasteiger partial charge in [-0.25, -0.2) is 14.6 Å². The van der Waals surface area contributed by atoms with Crippen molar-refractivity contribution >= 4 is 23.0 Å². The molecule has 0 spiro atoms. The topological polar surface area (TPSA) is 89.6 Å². The molecule has 3 aromatic rings. The summed E-state index contributed by atoms with van der Waals surface area (Å²) in [4.78, 5) is 30.2. The number of carbonyl (C=O) groups is 1. The van der Waals surface area contributed by atoms with E-state index < -0.39 is 11.8 Å². The van der Waals surface area contributed by atoms with Crippen LogP contribution in [0.2, 0.25) is 0 Å². The van der Waals surface area contributed by atoms with Crippen LogP contribution in [0, 0.1) is 0 Å². The van der Waals surface area contributed by atoms with Crippen LogP contribution in [0.4, 0.5) is 10.5 Å². The third-order valence-corrected chi connectivity index (χ3v) is 3.92. The van der Waals surface area contributed by atoms with Crippen LogP contribution >= 0.6 is 0 Å². The maximum Gasteiger partial charge on any atom is 0.421 e. The number of nitrogens with one attached hydrogen (secondary N) is 1. The Hall–Kier alpha value is -3.13. The predicted molar refractivity (Wildman–Crippen MR) is 102 cm³/mol. The van der Waals surface area contributed by atoms with Crippen molar-refractivity contribution in [1.82, 2.24) is 14.5 Å². The second kappa shape index (κ2) is 8.50. The number of nitrogens with zero attached hydrogens (tertiary/aromatic N) is 3. The first-order valence-corrected chi connectivity index (χ1v) is 8.65. The van der Waals surface area contributed by atoms with Crippen LogP contribution < -0.4 is 11.1 Å². The maximum absolute atomic E-state index is 12.1. The molecule has 1 amide bonds. The normalized spacial score (nSPS) is 11.1. The number of amides is 1. The second-order valence-corrected chi connectivity index (χ2v) is 6.40. The first-order valence-electron chi connectivity index (χ1n) is 8.65. The quantitative estimate of drug-likeness (QED) is 0.643. The van der Waals surface area contributed by atoms with E-state index in [9.17, 15) is 9.59 Å². The Morgan fingerprint density at radius 3 is 2.96 bits per heavy atom. The molecule has 27 heavy (non-hydrogen) atoms. The van der Waals surface area contributed by atoms with E-state index in [0.29, 0.717) is 23.5 Å². The van der Waals surface area contributed by atoms with Gasteiger partial charge in [-0.3, -0.25) is 9.88 Å². The van der Waals surface area contributed by atoms with Gasteiger partial charge in [-0.05, 0) is 50.3 Å². The van der Waals surface area contributed by atoms with E-state index in [1.54, 1.807) is 36.5 Å². The third kappa shape index (κ3) is 4.95. The summed E-state index contributed by atoms with van der Waals surface area (Å²) >= 11 is 0. The van der Waals surface area contributed by atoms with Gasteiger partial charge in [0.25, 0.3) is 0 Å². The molecule has 0 bridgehead atoms. The number of carbonyl (C=O) groups excluding carboxylic acids is 1.